The van der Waals surface area contributed by atoms with Gasteiger partial charge in [0, 0.05) is 24.0 Å². The molecule has 1 aromatic rings. The van der Waals surface area contributed by atoms with Crippen LogP contribution in [0.4, 0.5) is 0 Å². The second-order valence-corrected chi connectivity index (χ2v) is 8.87. The zero-order valence-electron chi connectivity index (χ0n) is 13.7. The molecule has 0 aromatic carbocycles. The van der Waals surface area contributed by atoms with Crippen molar-refractivity contribution < 1.29 is 8.42 Å². The Morgan fingerprint density at radius 2 is 1.86 bits per heavy atom. The summed E-state index contributed by atoms with van der Waals surface area (Å²) in [5, 5.41) is 3.33. The van der Waals surface area contributed by atoms with Gasteiger partial charge in [0.25, 0.3) is 0 Å². The molecule has 0 aliphatic heterocycles. The molecule has 0 amide bonds. The SMILES string of the molecule is CCC(CC)CNS(=O)(=O)c1cc(C)c(CNC(C)C)s1. The predicted octanol–water partition coefficient (Wildman–Crippen LogP) is 3.27. The van der Waals surface area contributed by atoms with Crippen LogP contribution in [-0.2, 0) is 16.6 Å². The number of sulfonamides is 1. The van der Waals surface area contributed by atoms with E-state index in [-0.39, 0.29) is 0 Å². The van der Waals surface area contributed by atoms with E-state index in [1.165, 1.54) is 11.3 Å². The highest BCUT2D eigenvalue weighted by molar-refractivity contribution is 7.91. The molecular formula is C15H28N2O2S2. The van der Waals surface area contributed by atoms with E-state index in [0.29, 0.717) is 22.7 Å². The van der Waals surface area contributed by atoms with Crippen molar-refractivity contribution in [2.24, 2.45) is 5.92 Å². The summed E-state index contributed by atoms with van der Waals surface area (Å²) in [7, 11) is -3.38. The van der Waals surface area contributed by atoms with Crippen LogP contribution < -0.4 is 10.0 Å². The molecule has 0 atom stereocenters. The van der Waals surface area contributed by atoms with Crippen LogP contribution in [0.15, 0.2) is 10.3 Å². The fourth-order valence-corrected chi connectivity index (χ4v) is 4.67. The van der Waals surface area contributed by atoms with E-state index in [9.17, 15) is 8.42 Å². The van der Waals surface area contributed by atoms with Crippen molar-refractivity contribution in [3.05, 3.63) is 16.5 Å². The van der Waals surface area contributed by atoms with E-state index in [4.69, 9.17) is 0 Å². The van der Waals surface area contributed by atoms with Crippen LogP contribution in [0.3, 0.4) is 0 Å². The summed E-state index contributed by atoms with van der Waals surface area (Å²) >= 11 is 1.36. The van der Waals surface area contributed by atoms with Gasteiger partial charge >= 0.3 is 0 Å². The van der Waals surface area contributed by atoms with Gasteiger partial charge in [-0.1, -0.05) is 40.5 Å². The van der Waals surface area contributed by atoms with Gasteiger partial charge in [-0.25, -0.2) is 13.1 Å². The third-order valence-corrected chi connectivity index (χ3v) is 6.78. The zero-order valence-corrected chi connectivity index (χ0v) is 15.3. The molecule has 6 heteroatoms. The Balaban J connectivity index is 2.77. The van der Waals surface area contributed by atoms with Crippen LogP contribution in [0.2, 0.25) is 0 Å². The summed E-state index contributed by atoms with van der Waals surface area (Å²) in [5.74, 6) is 0.405. The smallest absolute Gasteiger partial charge is 0.250 e. The van der Waals surface area contributed by atoms with E-state index in [0.717, 1.165) is 29.8 Å². The molecule has 0 spiro atoms. The first-order chi connectivity index (χ1) is 9.80. The van der Waals surface area contributed by atoms with E-state index < -0.39 is 10.0 Å². The third kappa shape index (κ3) is 5.70. The molecule has 2 N–H and O–H groups in total. The molecule has 1 rings (SSSR count). The van der Waals surface area contributed by atoms with Crippen LogP contribution >= 0.6 is 11.3 Å². The predicted molar refractivity (Wildman–Crippen MR) is 90.3 cm³/mol. The summed E-state index contributed by atoms with van der Waals surface area (Å²) in [4.78, 5) is 1.09. The number of hydrogen-bond donors (Lipinski definition) is 2. The lowest BCUT2D eigenvalue weighted by Gasteiger charge is -2.12. The number of thiophene rings is 1. The van der Waals surface area contributed by atoms with Crippen molar-refractivity contribution in [2.75, 3.05) is 6.54 Å². The quantitative estimate of drug-likeness (QED) is 0.730. The lowest BCUT2D eigenvalue weighted by molar-refractivity contribution is 0.479. The Kier molecular flexibility index (Phi) is 7.33. The average molecular weight is 333 g/mol. The van der Waals surface area contributed by atoms with Gasteiger partial charge in [-0.15, -0.1) is 11.3 Å². The molecule has 0 aliphatic carbocycles. The Hall–Kier alpha value is -0.430. The van der Waals surface area contributed by atoms with Gasteiger partial charge in [-0.2, -0.15) is 0 Å². The van der Waals surface area contributed by atoms with Gasteiger partial charge in [0.1, 0.15) is 4.21 Å². The summed E-state index contributed by atoms with van der Waals surface area (Å²) in [5.41, 5.74) is 1.04. The lowest BCUT2D eigenvalue weighted by atomic mass is 10.0. The highest BCUT2D eigenvalue weighted by Gasteiger charge is 2.19. The molecule has 0 saturated heterocycles. The van der Waals surface area contributed by atoms with E-state index in [1.54, 1.807) is 6.07 Å². The minimum atomic E-state index is -3.38. The van der Waals surface area contributed by atoms with Gasteiger partial charge in [0.15, 0.2) is 0 Å². The third-order valence-electron chi connectivity index (χ3n) is 3.65. The van der Waals surface area contributed by atoms with E-state index in [1.807, 2.05) is 6.92 Å². The fraction of sp³-hybridized carbons (Fsp3) is 0.733. The molecule has 21 heavy (non-hydrogen) atoms. The Morgan fingerprint density at radius 3 is 2.38 bits per heavy atom. The van der Waals surface area contributed by atoms with Crippen molar-refractivity contribution in [1.29, 1.82) is 0 Å². The molecule has 122 valence electrons. The molecule has 1 aromatic heterocycles. The number of rotatable bonds is 9. The molecule has 1 heterocycles. The number of hydrogen-bond acceptors (Lipinski definition) is 4. The summed E-state index contributed by atoms with van der Waals surface area (Å²) in [6.45, 7) is 11.5. The molecule has 0 bridgehead atoms. The van der Waals surface area contributed by atoms with Gasteiger partial charge in [0.05, 0.1) is 0 Å². The Morgan fingerprint density at radius 1 is 1.24 bits per heavy atom. The Labute approximate surface area is 133 Å². The molecule has 0 saturated carbocycles. The van der Waals surface area contributed by atoms with Crippen molar-refractivity contribution >= 4 is 21.4 Å². The van der Waals surface area contributed by atoms with Crippen molar-refractivity contribution in [1.82, 2.24) is 10.0 Å². The second kappa shape index (κ2) is 8.27. The summed E-state index contributed by atoms with van der Waals surface area (Å²) in [6, 6.07) is 2.16. The summed E-state index contributed by atoms with van der Waals surface area (Å²) < 4.78 is 27.9. The maximum Gasteiger partial charge on any atom is 0.250 e. The minimum absolute atomic E-state index is 0.388. The van der Waals surface area contributed by atoms with Crippen LogP contribution in [0, 0.1) is 12.8 Å². The zero-order chi connectivity index (χ0) is 16.0. The van der Waals surface area contributed by atoms with Gasteiger partial charge < -0.3 is 5.32 Å². The topological polar surface area (TPSA) is 58.2 Å². The fourth-order valence-electron chi connectivity index (χ4n) is 1.97. The maximum atomic E-state index is 12.4. The second-order valence-electron chi connectivity index (χ2n) is 5.74. The van der Waals surface area contributed by atoms with Gasteiger partial charge in [-0.3, -0.25) is 0 Å². The monoisotopic (exact) mass is 332 g/mol. The highest BCUT2D eigenvalue weighted by atomic mass is 32.2. The normalized spacial score (nSPS) is 12.5. The standard InChI is InChI=1S/C15H28N2O2S2/c1-6-13(7-2)9-17-21(18,19)15-8-12(5)14(20-15)10-16-11(3)4/h8,11,13,16-17H,6-7,9-10H2,1-5H3. The number of nitrogens with one attached hydrogen (secondary N) is 2. The highest BCUT2D eigenvalue weighted by Crippen LogP contribution is 2.26. The molecule has 0 fully saturated rings. The Bertz CT molecular complexity index is 532. The maximum absolute atomic E-state index is 12.4. The van der Waals surface area contributed by atoms with Crippen LogP contribution in [-0.4, -0.2) is 21.0 Å². The molecule has 4 nitrogen and oxygen atoms in total. The molecule has 0 radical (unpaired) electrons. The first-order valence-corrected chi connectivity index (χ1v) is 9.92. The average Bonchev–Trinajstić information content (AvgIpc) is 2.79. The lowest BCUT2D eigenvalue weighted by Crippen LogP contribution is -2.28. The van der Waals surface area contributed by atoms with Crippen molar-refractivity contribution in [3.8, 4) is 0 Å². The molecule has 0 aliphatic rings. The largest absolute Gasteiger partial charge is 0.310 e. The summed E-state index contributed by atoms with van der Waals surface area (Å²) in [6.07, 6.45) is 1.98. The van der Waals surface area contributed by atoms with Gasteiger partial charge in [0.2, 0.25) is 10.0 Å². The van der Waals surface area contributed by atoms with E-state index >= 15 is 0 Å². The minimum Gasteiger partial charge on any atom is -0.310 e. The van der Waals surface area contributed by atoms with Crippen molar-refractivity contribution in [3.63, 3.8) is 0 Å². The number of aryl methyl sites for hydroxylation is 1. The first-order valence-electron chi connectivity index (χ1n) is 7.62. The van der Waals surface area contributed by atoms with Crippen LogP contribution in [0.25, 0.3) is 0 Å². The first kappa shape index (κ1) is 18.6. The van der Waals surface area contributed by atoms with E-state index in [2.05, 4.69) is 37.7 Å². The van der Waals surface area contributed by atoms with Gasteiger partial charge in [-0.05, 0) is 24.5 Å². The van der Waals surface area contributed by atoms with Crippen molar-refractivity contribution in [2.45, 2.75) is 64.3 Å². The van der Waals surface area contributed by atoms with Crippen LogP contribution in [0.1, 0.15) is 51.0 Å². The van der Waals surface area contributed by atoms with Crippen LogP contribution in [0.5, 0.6) is 0 Å². The molecular weight excluding hydrogens is 304 g/mol. The molecule has 0 unspecified atom stereocenters.